The van der Waals surface area contributed by atoms with E-state index >= 15 is 0 Å². The monoisotopic (exact) mass is 375 g/mol. The highest BCUT2D eigenvalue weighted by atomic mass is 32.2. The number of aryl methyl sites for hydroxylation is 1. The second kappa shape index (κ2) is 6.29. The van der Waals surface area contributed by atoms with Gasteiger partial charge in [0.25, 0.3) is 5.89 Å². The van der Waals surface area contributed by atoms with E-state index in [0.717, 1.165) is 6.42 Å². The van der Waals surface area contributed by atoms with Gasteiger partial charge in [-0.3, -0.25) is 0 Å². The first kappa shape index (κ1) is 16.9. The molecule has 3 aromatic rings. The quantitative estimate of drug-likeness (QED) is 0.726. The minimum atomic E-state index is -3.33. The summed E-state index contributed by atoms with van der Waals surface area (Å²) in [6, 6.07) is 4.66. The molecule has 2 aromatic heterocycles. The molecule has 0 spiro atoms. The average molecular weight is 375 g/mol. The van der Waals surface area contributed by atoms with Gasteiger partial charge in [-0.25, -0.2) is 18.4 Å². The highest BCUT2D eigenvalue weighted by Crippen LogP contribution is 2.32. The van der Waals surface area contributed by atoms with Crippen LogP contribution in [0.15, 0.2) is 33.9 Å². The van der Waals surface area contributed by atoms with Crippen LogP contribution < -0.4 is 5.32 Å². The van der Waals surface area contributed by atoms with Crippen molar-refractivity contribution in [2.45, 2.75) is 30.4 Å². The van der Waals surface area contributed by atoms with Crippen molar-refractivity contribution >= 4 is 26.6 Å². The summed E-state index contributed by atoms with van der Waals surface area (Å²) in [7, 11) is -3.33. The summed E-state index contributed by atoms with van der Waals surface area (Å²) in [6.07, 6.45) is 2.94. The molecule has 0 aliphatic carbocycles. The maximum absolute atomic E-state index is 11.9. The van der Waals surface area contributed by atoms with Crippen LogP contribution in [0.2, 0.25) is 0 Å². The molecule has 1 aliphatic heterocycles. The van der Waals surface area contributed by atoms with E-state index in [4.69, 9.17) is 9.26 Å². The van der Waals surface area contributed by atoms with E-state index in [2.05, 4.69) is 25.4 Å². The minimum Gasteiger partial charge on any atom is -0.366 e. The van der Waals surface area contributed by atoms with Crippen LogP contribution in [-0.2, 0) is 14.6 Å². The fourth-order valence-electron chi connectivity index (χ4n) is 2.97. The summed E-state index contributed by atoms with van der Waals surface area (Å²) in [5, 5.41) is 7.75. The summed E-state index contributed by atoms with van der Waals surface area (Å²) < 4.78 is 34.7. The molecule has 9 nitrogen and oxygen atoms in total. The van der Waals surface area contributed by atoms with Crippen molar-refractivity contribution in [3.8, 4) is 0 Å². The van der Waals surface area contributed by atoms with Gasteiger partial charge < -0.3 is 14.6 Å². The number of rotatable bonds is 4. The maximum Gasteiger partial charge on any atom is 0.257 e. The zero-order valence-corrected chi connectivity index (χ0v) is 15.0. The number of aromatic nitrogens is 4. The molecule has 1 aromatic carbocycles. The first-order chi connectivity index (χ1) is 12.4. The highest BCUT2D eigenvalue weighted by Gasteiger charge is 2.34. The number of ether oxygens (including phenoxy) is 1. The van der Waals surface area contributed by atoms with Crippen LogP contribution in [0.1, 0.15) is 24.2 Å². The molecule has 26 heavy (non-hydrogen) atoms. The van der Waals surface area contributed by atoms with Gasteiger partial charge in [0.2, 0.25) is 0 Å². The Labute approximate surface area is 149 Å². The molecule has 0 amide bonds. The van der Waals surface area contributed by atoms with Crippen LogP contribution in [0, 0.1) is 6.92 Å². The molecular formula is C16H17N5O4S. The Hall–Kier alpha value is -2.59. The Balaban J connectivity index is 1.70. The van der Waals surface area contributed by atoms with Gasteiger partial charge in [0.05, 0.1) is 16.5 Å². The normalized spacial score (nSPS) is 20.5. The van der Waals surface area contributed by atoms with Crippen LogP contribution in [0.25, 0.3) is 10.9 Å². The Bertz CT molecular complexity index is 1070. The van der Waals surface area contributed by atoms with Gasteiger partial charge in [0, 0.05) is 18.2 Å². The highest BCUT2D eigenvalue weighted by molar-refractivity contribution is 7.90. The lowest BCUT2D eigenvalue weighted by Crippen LogP contribution is -2.24. The van der Waals surface area contributed by atoms with Crippen LogP contribution in [0.5, 0.6) is 0 Å². The fraction of sp³-hybridized carbons (Fsp3) is 0.375. The number of sulfone groups is 1. The van der Waals surface area contributed by atoms with Gasteiger partial charge in [-0.05, 0) is 31.5 Å². The third-order valence-electron chi connectivity index (χ3n) is 4.24. The summed E-state index contributed by atoms with van der Waals surface area (Å²) in [5.74, 6) is 1.49. The molecule has 136 valence electrons. The van der Waals surface area contributed by atoms with E-state index in [1.165, 1.54) is 18.6 Å². The molecule has 0 saturated carbocycles. The molecule has 3 heterocycles. The predicted octanol–water partition coefficient (Wildman–Crippen LogP) is 1.67. The molecule has 0 radical (unpaired) electrons. The Morgan fingerprint density at radius 2 is 2.12 bits per heavy atom. The molecule has 0 unspecified atom stereocenters. The number of fused-ring (bicyclic) bond motifs is 1. The summed E-state index contributed by atoms with van der Waals surface area (Å²) in [4.78, 5) is 12.9. The van der Waals surface area contributed by atoms with Crippen molar-refractivity contribution in [1.82, 2.24) is 20.1 Å². The molecule has 1 N–H and O–H groups in total. The van der Waals surface area contributed by atoms with Crippen molar-refractivity contribution < 1.29 is 17.7 Å². The van der Waals surface area contributed by atoms with Gasteiger partial charge in [-0.2, -0.15) is 4.98 Å². The van der Waals surface area contributed by atoms with E-state index in [1.54, 1.807) is 19.1 Å². The maximum atomic E-state index is 11.9. The fourth-order valence-corrected chi connectivity index (χ4v) is 3.61. The van der Waals surface area contributed by atoms with Crippen LogP contribution in [0.4, 0.5) is 5.82 Å². The molecular weight excluding hydrogens is 358 g/mol. The lowest BCUT2D eigenvalue weighted by molar-refractivity contribution is 0.0792. The van der Waals surface area contributed by atoms with Crippen molar-refractivity contribution in [1.29, 1.82) is 0 Å². The largest absolute Gasteiger partial charge is 0.366 e. The second-order valence-electron chi connectivity index (χ2n) is 6.18. The topological polar surface area (TPSA) is 120 Å². The number of nitrogens with one attached hydrogen (secondary N) is 1. The Morgan fingerprint density at radius 3 is 2.85 bits per heavy atom. The Kier molecular flexibility index (Phi) is 4.08. The molecule has 1 fully saturated rings. The van der Waals surface area contributed by atoms with Crippen molar-refractivity contribution in [2.75, 3.05) is 18.2 Å². The predicted molar refractivity (Wildman–Crippen MR) is 92.4 cm³/mol. The molecule has 1 saturated heterocycles. The number of nitrogens with zero attached hydrogens (tertiary/aromatic N) is 4. The standard InChI is InChI=1S/C16H17N5O4S/c1-9-19-16(25-21-9)14-13(5-6-24-14)20-15-11-7-10(26(2,22)23)3-4-12(11)17-8-18-15/h3-4,7-8,13-14H,5-6H2,1-2H3,(H,17,18,20)/t13-,14+/m0/s1. The molecule has 1 aliphatic rings. The minimum absolute atomic E-state index is 0.130. The summed E-state index contributed by atoms with van der Waals surface area (Å²) >= 11 is 0. The Morgan fingerprint density at radius 1 is 1.27 bits per heavy atom. The lowest BCUT2D eigenvalue weighted by Gasteiger charge is -2.18. The molecule has 2 atom stereocenters. The smallest absolute Gasteiger partial charge is 0.257 e. The number of hydrogen-bond acceptors (Lipinski definition) is 9. The summed E-state index contributed by atoms with van der Waals surface area (Å²) in [6.45, 7) is 2.29. The van der Waals surface area contributed by atoms with E-state index in [9.17, 15) is 8.42 Å². The third kappa shape index (κ3) is 3.13. The zero-order valence-electron chi connectivity index (χ0n) is 14.2. The number of hydrogen-bond donors (Lipinski definition) is 1. The van der Waals surface area contributed by atoms with Crippen LogP contribution >= 0.6 is 0 Å². The average Bonchev–Trinajstić information content (AvgIpc) is 3.22. The second-order valence-corrected chi connectivity index (χ2v) is 8.20. The van der Waals surface area contributed by atoms with Crippen molar-refractivity contribution in [2.24, 2.45) is 0 Å². The van der Waals surface area contributed by atoms with E-state index < -0.39 is 9.84 Å². The van der Waals surface area contributed by atoms with E-state index in [0.29, 0.717) is 35.0 Å². The van der Waals surface area contributed by atoms with E-state index in [1.807, 2.05) is 0 Å². The third-order valence-corrected chi connectivity index (χ3v) is 5.35. The molecule has 10 heteroatoms. The van der Waals surface area contributed by atoms with Gasteiger partial charge in [0.15, 0.2) is 21.8 Å². The first-order valence-electron chi connectivity index (χ1n) is 8.05. The molecule has 4 rings (SSSR count). The van der Waals surface area contributed by atoms with Crippen molar-refractivity contribution in [3.63, 3.8) is 0 Å². The number of anilines is 1. The van der Waals surface area contributed by atoms with Gasteiger partial charge in [-0.15, -0.1) is 0 Å². The van der Waals surface area contributed by atoms with Gasteiger partial charge >= 0.3 is 0 Å². The van der Waals surface area contributed by atoms with Gasteiger partial charge in [0.1, 0.15) is 12.1 Å². The van der Waals surface area contributed by atoms with E-state index in [-0.39, 0.29) is 17.0 Å². The number of benzene rings is 1. The van der Waals surface area contributed by atoms with Crippen LogP contribution in [-0.4, -0.2) is 47.4 Å². The SMILES string of the molecule is Cc1noc([C@@H]2OCC[C@@H]2Nc2ncnc3ccc(S(C)(=O)=O)cc23)n1. The van der Waals surface area contributed by atoms with Crippen LogP contribution in [0.3, 0.4) is 0 Å². The van der Waals surface area contributed by atoms with Crippen molar-refractivity contribution in [3.05, 3.63) is 36.2 Å². The zero-order chi connectivity index (χ0) is 18.3. The lowest BCUT2D eigenvalue weighted by atomic mass is 10.1. The summed E-state index contributed by atoms with van der Waals surface area (Å²) in [5.41, 5.74) is 0.652. The first-order valence-corrected chi connectivity index (χ1v) is 9.94. The van der Waals surface area contributed by atoms with Gasteiger partial charge in [-0.1, -0.05) is 5.16 Å². The molecule has 0 bridgehead atoms.